The first-order valence-corrected chi connectivity index (χ1v) is 10.6. The van der Waals surface area contributed by atoms with Gasteiger partial charge < -0.3 is 20.1 Å². The molecule has 0 saturated carbocycles. The Morgan fingerprint density at radius 2 is 1.77 bits per heavy atom. The summed E-state index contributed by atoms with van der Waals surface area (Å²) in [7, 11) is 0. The quantitative estimate of drug-likeness (QED) is 0.664. The number of aryl methyl sites for hydroxylation is 1. The summed E-state index contributed by atoms with van der Waals surface area (Å²) in [6.07, 6.45) is 3.30. The summed E-state index contributed by atoms with van der Waals surface area (Å²) in [4.78, 5) is 24.7. The van der Waals surface area contributed by atoms with E-state index in [1.165, 1.54) is 11.1 Å². The molecule has 160 valence electrons. The average Bonchev–Trinajstić information content (AvgIpc) is 2.77. The van der Waals surface area contributed by atoms with Gasteiger partial charge in [0.1, 0.15) is 0 Å². The van der Waals surface area contributed by atoms with Crippen molar-refractivity contribution >= 4 is 11.8 Å². The number of ether oxygens (including phenoxy) is 2. The lowest BCUT2D eigenvalue weighted by Gasteiger charge is -2.25. The summed E-state index contributed by atoms with van der Waals surface area (Å²) >= 11 is 0. The van der Waals surface area contributed by atoms with E-state index in [1.807, 2.05) is 19.9 Å². The highest BCUT2D eigenvalue weighted by Crippen LogP contribution is 2.31. The van der Waals surface area contributed by atoms with E-state index in [0.29, 0.717) is 42.7 Å². The molecule has 0 heterocycles. The maximum absolute atomic E-state index is 12.5. The van der Waals surface area contributed by atoms with Crippen LogP contribution >= 0.6 is 0 Å². The van der Waals surface area contributed by atoms with E-state index in [9.17, 15) is 9.59 Å². The van der Waals surface area contributed by atoms with Gasteiger partial charge in [-0.1, -0.05) is 24.3 Å². The van der Waals surface area contributed by atoms with E-state index in [2.05, 4.69) is 28.8 Å². The Bertz CT molecular complexity index is 881. The molecule has 0 aromatic heterocycles. The number of carbonyl (C=O) groups is 2. The second kappa shape index (κ2) is 10.7. The van der Waals surface area contributed by atoms with E-state index >= 15 is 0 Å². The normalized spacial score (nSPS) is 15.1. The lowest BCUT2D eigenvalue weighted by molar-refractivity contribution is -0.120. The van der Waals surface area contributed by atoms with Gasteiger partial charge in [-0.3, -0.25) is 9.59 Å². The first-order chi connectivity index (χ1) is 14.6. The summed E-state index contributed by atoms with van der Waals surface area (Å²) < 4.78 is 11.1. The van der Waals surface area contributed by atoms with Gasteiger partial charge in [0.25, 0.3) is 5.91 Å². The van der Waals surface area contributed by atoms with Crippen molar-refractivity contribution in [2.75, 3.05) is 26.3 Å². The molecule has 3 rings (SSSR count). The number of fused-ring (bicyclic) bond motifs is 1. The minimum absolute atomic E-state index is 0.0651. The van der Waals surface area contributed by atoms with Crippen LogP contribution < -0.4 is 20.1 Å². The Balaban J connectivity index is 1.51. The largest absolute Gasteiger partial charge is 0.490 e. The molecule has 2 aromatic rings. The van der Waals surface area contributed by atoms with Gasteiger partial charge in [-0.05, 0) is 62.4 Å². The Kier molecular flexibility index (Phi) is 7.71. The van der Waals surface area contributed by atoms with Gasteiger partial charge in [-0.15, -0.1) is 0 Å². The molecular formula is C24H30N2O4. The third kappa shape index (κ3) is 5.53. The lowest BCUT2D eigenvalue weighted by Crippen LogP contribution is -2.39. The smallest absolute Gasteiger partial charge is 0.251 e. The van der Waals surface area contributed by atoms with Crippen LogP contribution in [0.3, 0.4) is 0 Å². The Labute approximate surface area is 178 Å². The third-order valence-electron chi connectivity index (χ3n) is 5.25. The fourth-order valence-electron chi connectivity index (χ4n) is 3.82. The SMILES string of the molecule is CCOc1ccc(C(=O)NCC(=O)NCC2CCCc3ccccc32)cc1OCC. The molecule has 1 atom stereocenters. The molecule has 0 fully saturated rings. The Hall–Kier alpha value is -3.02. The predicted octanol–water partition coefficient (Wildman–Crippen LogP) is 3.45. The van der Waals surface area contributed by atoms with Crippen molar-refractivity contribution in [1.82, 2.24) is 10.6 Å². The molecule has 0 bridgehead atoms. The molecule has 0 radical (unpaired) electrons. The highest BCUT2D eigenvalue weighted by atomic mass is 16.5. The van der Waals surface area contributed by atoms with Gasteiger partial charge >= 0.3 is 0 Å². The Morgan fingerprint density at radius 3 is 2.57 bits per heavy atom. The molecule has 0 aliphatic heterocycles. The second-order valence-corrected chi connectivity index (χ2v) is 7.30. The van der Waals surface area contributed by atoms with Gasteiger partial charge in [0, 0.05) is 18.0 Å². The van der Waals surface area contributed by atoms with Crippen molar-refractivity contribution < 1.29 is 19.1 Å². The van der Waals surface area contributed by atoms with Gasteiger partial charge in [0.15, 0.2) is 11.5 Å². The molecule has 1 unspecified atom stereocenters. The van der Waals surface area contributed by atoms with Crippen LogP contribution in [0.1, 0.15) is 54.1 Å². The van der Waals surface area contributed by atoms with Crippen LogP contribution in [0.5, 0.6) is 11.5 Å². The third-order valence-corrected chi connectivity index (χ3v) is 5.25. The summed E-state index contributed by atoms with van der Waals surface area (Å²) in [5.41, 5.74) is 3.12. The minimum Gasteiger partial charge on any atom is -0.490 e. The number of carbonyl (C=O) groups excluding carboxylic acids is 2. The first-order valence-electron chi connectivity index (χ1n) is 10.6. The second-order valence-electron chi connectivity index (χ2n) is 7.30. The summed E-state index contributed by atoms with van der Waals surface area (Å²) in [5, 5.41) is 5.64. The van der Waals surface area contributed by atoms with E-state index in [-0.39, 0.29) is 18.4 Å². The molecule has 6 nitrogen and oxygen atoms in total. The number of nitrogens with one attached hydrogen (secondary N) is 2. The maximum atomic E-state index is 12.5. The molecule has 2 amide bonds. The highest BCUT2D eigenvalue weighted by Gasteiger charge is 2.20. The highest BCUT2D eigenvalue weighted by molar-refractivity contribution is 5.97. The molecule has 6 heteroatoms. The topological polar surface area (TPSA) is 76.7 Å². The molecule has 1 aliphatic rings. The van der Waals surface area contributed by atoms with Crippen LogP contribution in [0.4, 0.5) is 0 Å². The van der Waals surface area contributed by atoms with Crippen LogP contribution in [0, 0.1) is 0 Å². The van der Waals surface area contributed by atoms with Gasteiger partial charge in [-0.2, -0.15) is 0 Å². The monoisotopic (exact) mass is 410 g/mol. The molecule has 0 spiro atoms. The van der Waals surface area contributed by atoms with E-state index in [0.717, 1.165) is 19.3 Å². The summed E-state index contributed by atoms with van der Waals surface area (Å²) in [6.45, 7) is 5.27. The van der Waals surface area contributed by atoms with Crippen molar-refractivity contribution in [3.05, 3.63) is 59.2 Å². The van der Waals surface area contributed by atoms with Crippen molar-refractivity contribution in [3.63, 3.8) is 0 Å². The molecule has 30 heavy (non-hydrogen) atoms. The van der Waals surface area contributed by atoms with Crippen LogP contribution in [-0.4, -0.2) is 38.1 Å². The fourth-order valence-corrected chi connectivity index (χ4v) is 3.82. The molecule has 0 saturated heterocycles. The zero-order valence-electron chi connectivity index (χ0n) is 17.7. The van der Waals surface area contributed by atoms with Gasteiger partial charge in [0.2, 0.25) is 5.91 Å². The minimum atomic E-state index is -0.322. The summed E-state index contributed by atoms with van der Waals surface area (Å²) in [6, 6.07) is 13.4. The van der Waals surface area contributed by atoms with E-state index < -0.39 is 0 Å². The van der Waals surface area contributed by atoms with Crippen LogP contribution in [0.25, 0.3) is 0 Å². The van der Waals surface area contributed by atoms with E-state index in [4.69, 9.17) is 9.47 Å². The lowest BCUT2D eigenvalue weighted by atomic mass is 9.83. The van der Waals surface area contributed by atoms with Gasteiger partial charge in [-0.25, -0.2) is 0 Å². The number of hydrogen-bond donors (Lipinski definition) is 2. The maximum Gasteiger partial charge on any atom is 0.251 e. The van der Waals surface area contributed by atoms with Crippen molar-refractivity contribution in [2.24, 2.45) is 0 Å². The van der Waals surface area contributed by atoms with Crippen molar-refractivity contribution in [1.29, 1.82) is 0 Å². The molecule has 2 N–H and O–H groups in total. The Morgan fingerprint density at radius 1 is 1.00 bits per heavy atom. The van der Waals surface area contributed by atoms with E-state index in [1.54, 1.807) is 18.2 Å². The van der Waals surface area contributed by atoms with Crippen LogP contribution in [0.2, 0.25) is 0 Å². The zero-order chi connectivity index (χ0) is 21.3. The predicted molar refractivity (Wildman–Crippen MR) is 116 cm³/mol. The van der Waals surface area contributed by atoms with Crippen molar-refractivity contribution in [2.45, 2.75) is 39.0 Å². The number of rotatable bonds is 9. The average molecular weight is 411 g/mol. The fraction of sp³-hybridized carbons (Fsp3) is 0.417. The zero-order valence-corrected chi connectivity index (χ0v) is 17.7. The van der Waals surface area contributed by atoms with Crippen LogP contribution in [0.15, 0.2) is 42.5 Å². The number of hydrogen-bond acceptors (Lipinski definition) is 4. The number of amides is 2. The van der Waals surface area contributed by atoms with Gasteiger partial charge in [0.05, 0.1) is 19.8 Å². The molecule has 1 aliphatic carbocycles. The first kappa shape index (κ1) is 21.7. The molecular weight excluding hydrogens is 380 g/mol. The summed E-state index contributed by atoms with van der Waals surface area (Å²) in [5.74, 6) is 0.933. The van der Waals surface area contributed by atoms with Crippen molar-refractivity contribution in [3.8, 4) is 11.5 Å². The number of benzene rings is 2. The standard InChI is InChI=1S/C24H30N2O4/c1-3-29-21-13-12-18(14-22(21)30-4-2)24(28)26-16-23(27)25-15-19-10-7-9-17-8-5-6-11-20(17)19/h5-6,8,11-14,19H,3-4,7,9-10,15-16H2,1-2H3,(H,25,27)(H,26,28). The van der Waals surface area contributed by atoms with Crippen LogP contribution in [-0.2, 0) is 11.2 Å². The molecule has 2 aromatic carbocycles.